The Bertz CT molecular complexity index is 1430. The van der Waals surface area contributed by atoms with Gasteiger partial charge in [0.25, 0.3) is 0 Å². The van der Waals surface area contributed by atoms with Crippen LogP contribution in [0.4, 0.5) is 13.9 Å². The molecule has 0 bridgehead atoms. The van der Waals surface area contributed by atoms with Crippen LogP contribution in [0.3, 0.4) is 0 Å². The molecular formula is C27H29F2N5OS2. The van der Waals surface area contributed by atoms with E-state index in [2.05, 4.69) is 33.9 Å². The van der Waals surface area contributed by atoms with E-state index in [1.165, 1.54) is 29.0 Å². The SMILES string of the molecule is CC(C)(CO)NC1=CN(SCc2cccc(F)c2F)Cc2sc(NCCc3c[nH]c4ccccc34)nc21. The molecule has 6 nitrogen and oxygen atoms in total. The molecule has 194 valence electrons. The molecule has 0 atom stereocenters. The first-order valence-corrected chi connectivity index (χ1v) is 13.8. The summed E-state index contributed by atoms with van der Waals surface area (Å²) in [6.45, 7) is 5.09. The van der Waals surface area contributed by atoms with Gasteiger partial charge in [0.15, 0.2) is 16.8 Å². The van der Waals surface area contributed by atoms with Crippen LogP contribution in [0.5, 0.6) is 0 Å². The van der Waals surface area contributed by atoms with Gasteiger partial charge in [0.1, 0.15) is 5.69 Å². The lowest BCUT2D eigenvalue weighted by Gasteiger charge is -2.31. The van der Waals surface area contributed by atoms with Crippen LogP contribution >= 0.6 is 23.3 Å². The third kappa shape index (κ3) is 5.76. The average molecular weight is 542 g/mol. The van der Waals surface area contributed by atoms with Gasteiger partial charge in [0.05, 0.1) is 29.3 Å². The number of para-hydroxylation sites is 1. The number of aromatic nitrogens is 2. The molecule has 1 aliphatic heterocycles. The molecule has 5 rings (SSSR count). The maximum atomic E-state index is 14.2. The van der Waals surface area contributed by atoms with Gasteiger partial charge in [0, 0.05) is 41.2 Å². The summed E-state index contributed by atoms with van der Waals surface area (Å²) in [5, 5.41) is 18.7. The first-order chi connectivity index (χ1) is 17.8. The van der Waals surface area contributed by atoms with Gasteiger partial charge in [0.2, 0.25) is 0 Å². The van der Waals surface area contributed by atoms with Crippen molar-refractivity contribution in [3.63, 3.8) is 0 Å². The standard InChI is InChI=1S/C27H29F2N5OS2/c1-27(2,16-35)33-22-13-34(36-15-18-6-5-8-20(28)24(18)29)14-23-25(22)32-26(37-23)30-11-10-17-12-31-21-9-4-3-7-19(17)21/h3-9,12-13,31,33,35H,10-11,14-16H2,1-2H3,(H,30,32). The Kier molecular flexibility index (Phi) is 7.41. The number of halogens is 2. The fourth-order valence-electron chi connectivity index (χ4n) is 4.17. The summed E-state index contributed by atoms with van der Waals surface area (Å²) in [4.78, 5) is 9.22. The van der Waals surface area contributed by atoms with E-state index >= 15 is 0 Å². The third-order valence-electron chi connectivity index (χ3n) is 6.16. The van der Waals surface area contributed by atoms with Gasteiger partial charge in [-0.15, -0.1) is 0 Å². The van der Waals surface area contributed by atoms with Crippen LogP contribution < -0.4 is 10.6 Å². The first kappa shape index (κ1) is 25.6. The second-order valence-corrected chi connectivity index (χ2v) is 11.7. The minimum atomic E-state index is -0.840. The van der Waals surface area contributed by atoms with Gasteiger partial charge in [-0.05, 0) is 49.9 Å². The number of nitrogens with zero attached hydrogens (tertiary/aromatic N) is 2. The molecule has 0 radical (unpaired) electrons. The van der Waals surface area contributed by atoms with Crippen LogP contribution in [0.15, 0.2) is 54.9 Å². The van der Waals surface area contributed by atoms with Gasteiger partial charge in [-0.25, -0.2) is 13.8 Å². The molecule has 2 aromatic carbocycles. The number of aromatic amines is 1. The normalized spacial score (nSPS) is 13.5. The molecule has 0 saturated carbocycles. The van der Waals surface area contributed by atoms with Crippen molar-refractivity contribution in [3.05, 3.63) is 88.2 Å². The summed E-state index contributed by atoms with van der Waals surface area (Å²) in [6, 6.07) is 12.5. The first-order valence-electron chi connectivity index (χ1n) is 12.1. The summed E-state index contributed by atoms with van der Waals surface area (Å²) >= 11 is 2.99. The summed E-state index contributed by atoms with van der Waals surface area (Å²) < 4.78 is 29.8. The number of benzene rings is 2. The average Bonchev–Trinajstić information content (AvgIpc) is 3.49. The van der Waals surface area contributed by atoms with Crippen LogP contribution in [0, 0.1) is 11.6 Å². The summed E-state index contributed by atoms with van der Waals surface area (Å²) in [5.41, 5.74) is 3.77. The minimum absolute atomic E-state index is 0.0544. The van der Waals surface area contributed by atoms with E-state index in [1.807, 2.05) is 36.5 Å². The van der Waals surface area contributed by atoms with Crippen molar-refractivity contribution < 1.29 is 13.9 Å². The molecule has 0 amide bonds. The molecule has 0 fully saturated rings. The molecule has 0 spiro atoms. The van der Waals surface area contributed by atoms with E-state index in [4.69, 9.17) is 4.98 Å². The van der Waals surface area contributed by atoms with E-state index in [9.17, 15) is 13.9 Å². The number of rotatable bonds is 10. The fraction of sp³-hybridized carbons (Fsp3) is 0.296. The number of aliphatic hydroxyl groups excluding tert-OH is 1. The number of hydrogen-bond acceptors (Lipinski definition) is 7. The van der Waals surface area contributed by atoms with Crippen molar-refractivity contribution >= 4 is 45.0 Å². The molecule has 4 aromatic rings. The lowest BCUT2D eigenvalue weighted by Crippen LogP contribution is -2.42. The highest BCUT2D eigenvalue weighted by Crippen LogP contribution is 2.36. The Morgan fingerprint density at radius 1 is 1.16 bits per heavy atom. The summed E-state index contributed by atoms with van der Waals surface area (Å²) in [5.74, 6) is -1.36. The summed E-state index contributed by atoms with van der Waals surface area (Å²) in [6.07, 6.45) is 4.84. The zero-order valence-electron chi connectivity index (χ0n) is 20.6. The number of aliphatic hydroxyl groups is 1. The Labute approximate surface area is 222 Å². The second-order valence-electron chi connectivity index (χ2n) is 9.60. The maximum absolute atomic E-state index is 14.2. The largest absolute Gasteiger partial charge is 0.394 e. The Morgan fingerprint density at radius 3 is 2.84 bits per heavy atom. The van der Waals surface area contributed by atoms with Gasteiger partial charge >= 0.3 is 0 Å². The maximum Gasteiger partial charge on any atom is 0.183 e. The highest BCUT2D eigenvalue weighted by Gasteiger charge is 2.27. The third-order valence-corrected chi connectivity index (χ3v) is 8.16. The van der Waals surface area contributed by atoms with E-state index in [-0.39, 0.29) is 6.61 Å². The lowest BCUT2D eigenvalue weighted by molar-refractivity contribution is 0.203. The van der Waals surface area contributed by atoms with Crippen LogP contribution in [-0.2, 0) is 18.7 Å². The fourth-order valence-corrected chi connectivity index (χ4v) is 6.18. The molecular weight excluding hydrogens is 512 g/mol. The zero-order valence-corrected chi connectivity index (χ0v) is 22.3. The quantitative estimate of drug-likeness (QED) is 0.188. The molecule has 3 heterocycles. The predicted octanol–water partition coefficient (Wildman–Crippen LogP) is 5.88. The van der Waals surface area contributed by atoms with Crippen molar-refractivity contribution in [3.8, 4) is 0 Å². The number of H-pyrrole nitrogens is 1. The molecule has 1 aliphatic rings. The van der Waals surface area contributed by atoms with E-state index in [1.54, 1.807) is 17.4 Å². The lowest BCUT2D eigenvalue weighted by atomic mass is 10.1. The number of thiazole rings is 1. The molecule has 0 saturated heterocycles. The second kappa shape index (κ2) is 10.7. The van der Waals surface area contributed by atoms with E-state index in [0.717, 1.165) is 45.9 Å². The van der Waals surface area contributed by atoms with Crippen LogP contribution in [0.25, 0.3) is 16.6 Å². The topological polar surface area (TPSA) is 76.2 Å². The van der Waals surface area contributed by atoms with Crippen molar-refractivity contribution in [1.82, 2.24) is 19.6 Å². The van der Waals surface area contributed by atoms with Gasteiger partial charge < -0.3 is 25.0 Å². The van der Waals surface area contributed by atoms with Crippen LogP contribution in [0.2, 0.25) is 0 Å². The summed E-state index contributed by atoms with van der Waals surface area (Å²) in [7, 11) is 0. The van der Waals surface area contributed by atoms with Crippen molar-refractivity contribution in [1.29, 1.82) is 0 Å². The van der Waals surface area contributed by atoms with Gasteiger partial charge in [-0.2, -0.15) is 0 Å². The Hall–Kier alpha value is -3.08. The monoisotopic (exact) mass is 541 g/mol. The minimum Gasteiger partial charge on any atom is -0.394 e. The molecule has 2 aromatic heterocycles. The molecule has 10 heteroatoms. The Morgan fingerprint density at radius 2 is 2.00 bits per heavy atom. The highest BCUT2D eigenvalue weighted by molar-refractivity contribution is 7.96. The number of fused-ring (bicyclic) bond motifs is 2. The van der Waals surface area contributed by atoms with Crippen LogP contribution in [0.1, 0.15) is 35.5 Å². The van der Waals surface area contributed by atoms with Gasteiger partial charge in [-0.1, -0.05) is 41.7 Å². The molecule has 37 heavy (non-hydrogen) atoms. The van der Waals surface area contributed by atoms with Gasteiger partial charge in [-0.3, -0.25) is 0 Å². The number of hydrogen-bond donors (Lipinski definition) is 4. The van der Waals surface area contributed by atoms with Crippen molar-refractivity contribution in [2.45, 2.75) is 38.1 Å². The molecule has 0 unspecified atom stereocenters. The van der Waals surface area contributed by atoms with Crippen LogP contribution in [-0.4, -0.2) is 38.1 Å². The number of anilines is 1. The van der Waals surface area contributed by atoms with E-state index in [0.29, 0.717) is 17.9 Å². The highest BCUT2D eigenvalue weighted by atomic mass is 32.2. The number of nitrogens with one attached hydrogen (secondary N) is 3. The molecule has 0 aliphatic carbocycles. The predicted molar refractivity (Wildman–Crippen MR) is 148 cm³/mol. The molecule has 4 N–H and O–H groups in total. The van der Waals surface area contributed by atoms with E-state index < -0.39 is 17.2 Å². The van der Waals surface area contributed by atoms with Crippen molar-refractivity contribution in [2.24, 2.45) is 0 Å². The smallest absolute Gasteiger partial charge is 0.183 e. The zero-order chi connectivity index (χ0) is 26.0. The van der Waals surface area contributed by atoms with Crippen molar-refractivity contribution in [2.75, 3.05) is 18.5 Å². The Balaban J connectivity index is 1.30.